The Bertz CT molecular complexity index is 1000. The van der Waals surface area contributed by atoms with E-state index in [1.54, 1.807) is 17.8 Å². The van der Waals surface area contributed by atoms with E-state index in [1.807, 2.05) is 18.2 Å². The van der Waals surface area contributed by atoms with Crippen LogP contribution < -0.4 is 5.32 Å². The predicted octanol–water partition coefficient (Wildman–Crippen LogP) is 5.73. The molecule has 4 aliphatic rings. The first-order valence-corrected chi connectivity index (χ1v) is 12.0. The molecule has 4 aliphatic heterocycles. The summed E-state index contributed by atoms with van der Waals surface area (Å²) >= 11 is 1.66. The van der Waals surface area contributed by atoms with E-state index in [1.165, 1.54) is 12.1 Å². The summed E-state index contributed by atoms with van der Waals surface area (Å²) in [5, 5.41) is 3.03. The zero-order valence-electron chi connectivity index (χ0n) is 17.5. The van der Waals surface area contributed by atoms with Crippen LogP contribution in [0.5, 0.6) is 0 Å². The molecule has 6 rings (SSSR count). The molecule has 4 nitrogen and oxygen atoms in total. The maximum absolute atomic E-state index is 13.1. The van der Waals surface area contributed by atoms with E-state index < -0.39 is 11.7 Å². The average molecular weight is 463 g/mol. The van der Waals surface area contributed by atoms with Gasteiger partial charge < -0.3 is 10.1 Å². The number of halogens is 3. The van der Waals surface area contributed by atoms with Crippen LogP contribution >= 0.6 is 11.8 Å². The van der Waals surface area contributed by atoms with Gasteiger partial charge in [-0.15, -0.1) is 11.8 Å². The number of benzene rings is 2. The van der Waals surface area contributed by atoms with Gasteiger partial charge >= 0.3 is 12.3 Å². The van der Waals surface area contributed by atoms with Gasteiger partial charge in [0.25, 0.3) is 0 Å². The molecule has 2 bridgehead atoms. The number of fused-ring (bicyclic) bond motifs is 4. The number of nitrogens with zero attached hydrogens (tertiary/aromatic N) is 1. The van der Waals surface area contributed by atoms with Gasteiger partial charge in [-0.1, -0.05) is 24.3 Å². The Labute approximate surface area is 189 Å². The van der Waals surface area contributed by atoms with Gasteiger partial charge in [0.05, 0.1) is 11.6 Å². The number of alkyl carbamates (subject to hydrolysis) is 1. The highest BCUT2D eigenvalue weighted by Crippen LogP contribution is 2.40. The third-order valence-electron chi connectivity index (χ3n) is 6.72. The largest absolute Gasteiger partial charge is 0.445 e. The summed E-state index contributed by atoms with van der Waals surface area (Å²) in [5.41, 5.74) is 1.59. The van der Waals surface area contributed by atoms with Gasteiger partial charge in [0, 0.05) is 17.2 Å². The van der Waals surface area contributed by atoms with E-state index in [0.717, 1.165) is 66.7 Å². The lowest BCUT2D eigenvalue weighted by Gasteiger charge is -2.44. The van der Waals surface area contributed by atoms with Crippen LogP contribution in [0.3, 0.4) is 0 Å². The summed E-state index contributed by atoms with van der Waals surface area (Å²) in [6.07, 6.45) is -1.84. The second-order valence-electron chi connectivity index (χ2n) is 8.75. The summed E-state index contributed by atoms with van der Waals surface area (Å²) in [7, 11) is 0. The van der Waals surface area contributed by atoms with E-state index in [9.17, 15) is 18.0 Å². The monoisotopic (exact) mass is 462 g/mol. The summed E-state index contributed by atoms with van der Waals surface area (Å²) < 4.78 is 45.0. The molecule has 0 aromatic heterocycles. The highest BCUT2D eigenvalue weighted by atomic mass is 32.2. The highest BCUT2D eigenvalue weighted by molar-refractivity contribution is 7.99. The number of hydrogen-bond acceptors (Lipinski definition) is 4. The topological polar surface area (TPSA) is 41.6 Å². The maximum Gasteiger partial charge on any atom is 0.416 e. The fraction of sp³-hybridized carbons (Fsp3) is 0.458. The molecule has 8 heteroatoms. The molecule has 170 valence electrons. The lowest BCUT2D eigenvalue weighted by Crippen LogP contribution is -2.52. The highest BCUT2D eigenvalue weighted by Gasteiger charge is 2.37. The second kappa shape index (κ2) is 8.63. The van der Waals surface area contributed by atoms with Crippen LogP contribution in [0.1, 0.15) is 36.4 Å². The van der Waals surface area contributed by atoms with Crippen molar-refractivity contribution in [3.8, 4) is 11.1 Å². The lowest BCUT2D eigenvalue weighted by molar-refractivity contribution is -0.137. The Kier molecular flexibility index (Phi) is 5.84. The summed E-state index contributed by atoms with van der Waals surface area (Å²) in [4.78, 5) is 16.0. The average Bonchev–Trinajstić information content (AvgIpc) is 2.79. The van der Waals surface area contributed by atoms with Gasteiger partial charge in [0.1, 0.15) is 6.10 Å². The van der Waals surface area contributed by atoms with Gasteiger partial charge in [-0.05, 0) is 73.2 Å². The van der Waals surface area contributed by atoms with Crippen molar-refractivity contribution in [2.24, 2.45) is 5.92 Å². The van der Waals surface area contributed by atoms with Gasteiger partial charge in [-0.2, -0.15) is 13.2 Å². The van der Waals surface area contributed by atoms with Crippen LogP contribution in [-0.2, 0) is 10.9 Å². The van der Waals surface area contributed by atoms with Crippen LogP contribution in [0.25, 0.3) is 11.1 Å². The Balaban J connectivity index is 1.30. The van der Waals surface area contributed by atoms with Gasteiger partial charge in [0.2, 0.25) is 0 Å². The minimum absolute atomic E-state index is 0.0433. The van der Waals surface area contributed by atoms with Crippen molar-refractivity contribution in [1.29, 1.82) is 0 Å². The molecular formula is C24H25F3N2O2S. The number of rotatable bonds is 3. The Morgan fingerprint density at radius 2 is 1.84 bits per heavy atom. The normalized spacial score (nSPS) is 27.0. The molecule has 0 saturated carbocycles. The number of thioether (sulfide) groups is 1. The van der Waals surface area contributed by atoms with Crippen molar-refractivity contribution in [3.05, 3.63) is 53.6 Å². The standard InChI is InChI=1S/C24H25F3N2O2S/c25-24(26,27)18-3-1-2-16(12-18)17-4-5-19-20(8-11-32-22(19)13-17)28-23(30)31-21-14-29-9-6-15(21)7-10-29/h1-5,12-13,15,20-21H,6-11,14H2,(H,28,30)/t20?,21-/m1/s1. The van der Waals surface area contributed by atoms with E-state index in [4.69, 9.17) is 4.74 Å². The number of nitrogens with one attached hydrogen (secondary N) is 1. The molecule has 3 fully saturated rings. The van der Waals surface area contributed by atoms with Crippen molar-refractivity contribution >= 4 is 17.9 Å². The summed E-state index contributed by atoms with van der Waals surface area (Å²) in [5.74, 6) is 1.28. The van der Waals surface area contributed by atoms with Crippen LogP contribution in [0, 0.1) is 5.92 Å². The van der Waals surface area contributed by atoms with Crippen LogP contribution in [0.2, 0.25) is 0 Å². The fourth-order valence-corrected chi connectivity index (χ4v) is 6.11. The van der Waals surface area contributed by atoms with Crippen LogP contribution in [-0.4, -0.2) is 42.5 Å². The molecule has 4 heterocycles. The number of carbonyl (C=O) groups excluding carboxylic acids is 1. The first-order chi connectivity index (χ1) is 15.4. The van der Waals surface area contributed by atoms with Crippen molar-refractivity contribution in [2.75, 3.05) is 25.4 Å². The number of alkyl halides is 3. The summed E-state index contributed by atoms with van der Waals surface area (Å²) in [6, 6.07) is 10.9. The first kappa shape index (κ1) is 21.6. The zero-order valence-corrected chi connectivity index (χ0v) is 18.3. The smallest absolute Gasteiger partial charge is 0.416 e. The third-order valence-corrected chi connectivity index (χ3v) is 7.83. The summed E-state index contributed by atoms with van der Waals surface area (Å²) in [6.45, 7) is 3.00. The predicted molar refractivity (Wildman–Crippen MR) is 118 cm³/mol. The zero-order chi connectivity index (χ0) is 22.3. The van der Waals surface area contributed by atoms with E-state index in [-0.39, 0.29) is 18.2 Å². The van der Waals surface area contributed by atoms with Crippen molar-refractivity contribution in [3.63, 3.8) is 0 Å². The number of amides is 1. The second-order valence-corrected chi connectivity index (χ2v) is 9.88. The Morgan fingerprint density at radius 1 is 1.06 bits per heavy atom. The molecule has 0 aliphatic carbocycles. The lowest BCUT2D eigenvalue weighted by atomic mass is 9.86. The van der Waals surface area contributed by atoms with Gasteiger partial charge in [0.15, 0.2) is 0 Å². The Hall–Kier alpha value is -2.19. The minimum atomic E-state index is -4.37. The van der Waals surface area contributed by atoms with E-state index in [0.29, 0.717) is 11.5 Å². The molecule has 2 aromatic rings. The maximum atomic E-state index is 13.1. The number of ether oxygens (including phenoxy) is 1. The molecule has 0 radical (unpaired) electrons. The first-order valence-electron chi connectivity index (χ1n) is 11.0. The fourth-order valence-electron chi connectivity index (χ4n) is 4.95. The minimum Gasteiger partial charge on any atom is -0.445 e. The molecule has 1 unspecified atom stereocenters. The van der Waals surface area contributed by atoms with Crippen molar-refractivity contribution in [1.82, 2.24) is 10.2 Å². The molecule has 1 N–H and O–H groups in total. The van der Waals surface area contributed by atoms with Crippen LogP contribution in [0.15, 0.2) is 47.4 Å². The third kappa shape index (κ3) is 4.48. The molecule has 32 heavy (non-hydrogen) atoms. The SMILES string of the molecule is O=C(NC1CCSc2cc(-c3cccc(C(F)(F)F)c3)ccc21)O[C@@H]1CN2CCC1CC2. The molecule has 1 amide bonds. The molecular weight excluding hydrogens is 437 g/mol. The van der Waals surface area contributed by atoms with Crippen LogP contribution in [0.4, 0.5) is 18.0 Å². The van der Waals surface area contributed by atoms with E-state index in [2.05, 4.69) is 10.2 Å². The Morgan fingerprint density at radius 3 is 2.56 bits per heavy atom. The van der Waals surface area contributed by atoms with Gasteiger partial charge in [-0.3, -0.25) is 4.90 Å². The number of piperidine rings is 3. The molecule has 0 spiro atoms. The molecule has 3 saturated heterocycles. The van der Waals surface area contributed by atoms with Crippen molar-refractivity contribution in [2.45, 2.75) is 42.5 Å². The number of carbonyl (C=O) groups is 1. The molecule has 2 aromatic carbocycles. The quantitative estimate of drug-likeness (QED) is 0.633. The number of hydrogen-bond donors (Lipinski definition) is 1. The van der Waals surface area contributed by atoms with Gasteiger partial charge in [-0.25, -0.2) is 4.79 Å². The molecule has 2 atom stereocenters. The van der Waals surface area contributed by atoms with Crippen molar-refractivity contribution < 1.29 is 22.7 Å². The van der Waals surface area contributed by atoms with E-state index >= 15 is 0 Å².